The van der Waals surface area contributed by atoms with E-state index in [1.165, 1.54) is 11.3 Å². The number of anilines is 1. The molecule has 6 aromatic rings. The molecule has 0 radical (unpaired) electrons. The van der Waals surface area contributed by atoms with Gasteiger partial charge in [0.1, 0.15) is 46.3 Å². The van der Waals surface area contributed by atoms with E-state index in [2.05, 4.69) is 47.7 Å². The molecular formula is C55H59N3O10S. The minimum atomic E-state index is -0.811. The molecule has 360 valence electrons. The van der Waals surface area contributed by atoms with Crippen LogP contribution in [0.2, 0.25) is 0 Å². The predicted molar refractivity (Wildman–Crippen MR) is 271 cm³/mol. The molecule has 0 aliphatic carbocycles. The second-order valence-corrected chi connectivity index (χ2v) is 19.9. The Hall–Kier alpha value is -7.32. The molecule has 13 nitrogen and oxygen atoms in total. The highest BCUT2D eigenvalue weighted by molar-refractivity contribution is 7.22. The van der Waals surface area contributed by atoms with Crippen LogP contribution >= 0.6 is 11.3 Å². The fourth-order valence-corrected chi connectivity index (χ4v) is 9.09. The molecule has 6 rings (SSSR count). The van der Waals surface area contributed by atoms with Crippen molar-refractivity contribution in [1.29, 1.82) is 0 Å². The van der Waals surface area contributed by atoms with Gasteiger partial charge in [0.25, 0.3) is 0 Å². The average Bonchev–Trinajstić information content (AvgIpc) is 3.71. The third-order valence-electron chi connectivity index (χ3n) is 10.5. The minimum absolute atomic E-state index is 0.0783. The molecule has 1 N–H and O–H groups in total. The summed E-state index contributed by atoms with van der Waals surface area (Å²) in [5.74, 6) is -0.779. The van der Waals surface area contributed by atoms with Crippen LogP contribution in [0.15, 0.2) is 133 Å². The molecule has 0 amide bonds. The number of carbonyl (C=O) groups excluding carboxylic acids is 4. The topological polar surface area (TPSA) is 161 Å². The van der Waals surface area contributed by atoms with Crippen LogP contribution in [0.25, 0.3) is 21.0 Å². The third kappa shape index (κ3) is 14.8. The second kappa shape index (κ2) is 21.8. The van der Waals surface area contributed by atoms with Crippen LogP contribution in [0, 0.1) is 0 Å². The lowest BCUT2D eigenvalue weighted by molar-refractivity contribution is -0.155. The average molecular weight is 954 g/mol. The maximum atomic E-state index is 13.6. The lowest BCUT2D eigenvalue weighted by Gasteiger charge is -2.34. The number of benzene rings is 5. The lowest BCUT2D eigenvalue weighted by atomic mass is 9.92. The van der Waals surface area contributed by atoms with Crippen LogP contribution in [-0.4, -0.2) is 70.8 Å². The van der Waals surface area contributed by atoms with Gasteiger partial charge in [-0.1, -0.05) is 60.9 Å². The maximum absolute atomic E-state index is 13.6. The van der Waals surface area contributed by atoms with E-state index in [0.717, 1.165) is 43.8 Å². The molecule has 0 atom stereocenters. The highest BCUT2D eigenvalue weighted by Crippen LogP contribution is 2.33. The summed E-state index contributed by atoms with van der Waals surface area (Å²) in [5.41, 5.74) is -0.112. The molecule has 0 aliphatic heterocycles. The molecule has 0 spiro atoms. The van der Waals surface area contributed by atoms with Crippen molar-refractivity contribution in [1.82, 2.24) is 4.98 Å². The molecule has 0 saturated carbocycles. The van der Waals surface area contributed by atoms with Crippen LogP contribution in [0.4, 0.5) is 5.13 Å². The number of esters is 4. The highest BCUT2D eigenvalue weighted by Gasteiger charge is 2.34. The summed E-state index contributed by atoms with van der Waals surface area (Å²) in [4.78, 5) is 59.7. The normalized spacial score (nSPS) is 12.1. The number of thiazole rings is 1. The summed E-state index contributed by atoms with van der Waals surface area (Å²) in [5, 5.41) is 6.19. The molecule has 5 aromatic carbocycles. The van der Waals surface area contributed by atoms with Crippen molar-refractivity contribution < 1.29 is 47.6 Å². The zero-order chi connectivity index (χ0) is 50.0. The third-order valence-corrected chi connectivity index (χ3v) is 11.5. The van der Waals surface area contributed by atoms with Gasteiger partial charge in [-0.2, -0.15) is 0 Å². The van der Waals surface area contributed by atoms with Gasteiger partial charge >= 0.3 is 23.9 Å². The molecule has 0 aliphatic rings. The number of rotatable bonds is 22. The summed E-state index contributed by atoms with van der Waals surface area (Å²) in [7, 11) is 0. The summed E-state index contributed by atoms with van der Waals surface area (Å²) in [6.07, 6.45) is 5.04. The van der Waals surface area contributed by atoms with Gasteiger partial charge in [-0.15, -0.1) is 0 Å². The van der Waals surface area contributed by atoms with E-state index in [4.69, 9.17) is 33.4 Å². The molecule has 1 aromatic heterocycles. The summed E-state index contributed by atoms with van der Waals surface area (Å²) in [6, 6.07) is 30.8. The monoisotopic (exact) mass is 953 g/mol. The quantitative estimate of drug-likeness (QED) is 0.0226. The lowest BCUT2D eigenvalue weighted by Crippen LogP contribution is -2.40. The Bertz CT molecular complexity index is 2860. The molecular weight excluding hydrogens is 895 g/mol. The molecule has 0 unspecified atom stereocenters. The van der Waals surface area contributed by atoms with E-state index in [0.29, 0.717) is 47.5 Å². The van der Waals surface area contributed by atoms with E-state index < -0.39 is 46.3 Å². The number of hydrogen-bond donors (Lipinski definition) is 1. The number of aromatic nitrogens is 1. The van der Waals surface area contributed by atoms with Crippen LogP contribution in [0.1, 0.15) is 100 Å². The highest BCUT2D eigenvalue weighted by atomic mass is 32.1. The van der Waals surface area contributed by atoms with Crippen molar-refractivity contribution in [3.8, 4) is 17.2 Å². The molecule has 0 saturated heterocycles. The largest absolute Gasteiger partial charge is 0.488 e. The first-order valence-electron chi connectivity index (χ1n) is 22.5. The van der Waals surface area contributed by atoms with E-state index in [1.54, 1.807) is 94.6 Å². The van der Waals surface area contributed by atoms with E-state index >= 15 is 0 Å². The first-order chi connectivity index (χ1) is 32.6. The Morgan fingerprint density at radius 2 is 1.25 bits per heavy atom. The Balaban J connectivity index is 1.11. The Morgan fingerprint density at radius 3 is 1.83 bits per heavy atom. The van der Waals surface area contributed by atoms with Crippen LogP contribution in [0.5, 0.6) is 17.2 Å². The minimum Gasteiger partial charge on any atom is -0.488 e. The first-order valence-corrected chi connectivity index (χ1v) is 23.3. The SMILES string of the molecule is C=CC(=O)OC(C)(C)CC(C)(C)Oc1ccc(C(=O)OCCc2ccc(OC(=O)c3ccc(OC(C)(C)CC(C)(C)OC(=O)C=C)cc3)c(/C=N/CNc3nc4c(ccc5ccccc54)s3)c2)cc1. The standard InChI is InChI=1S/C55H59N3O10S/c1-11-46(59)67-54(7,8)33-52(3,4)65-41-23-18-38(19-24-41)49(61)63-30-29-36-17-27-44(40(31-36)32-56-35-57-51-58-48-43-16-14-13-15-37(43)22-28-45(48)69-51)64-50(62)39-20-25-42(26-21-39)66-53(5,6)34-55(9,10)68-47(60)12-2/h11-28,31-32H,1-2,29-30,33-35H2,3-10H3,(H,57,58)/b56-32+. The zero-order valence-corrected chi connectivity index (χ0v) is 41.2. The Morgan fingerprint density at radius 1 is 0.681 bits per heavy atom. The van der Waals surface area contributed by atoms with Gasteiger partial charge in [0.05, 0.1) is 28.0 Å². The van der Waals surface area contributed by atoms with E-state index in [9.17, 15) is 19.2 Å². The molecule has 69 heavy (non-hydrogen) atoms. The number of ether oxygens (including phenoxy) is 6. The van der Waals surface area contributed by atoms with Crippen LogP contribution < -0.4 is 19.5 Å². The number of nitrogens with one attached hydrogen (secondary N) is 1. The molecule has 0 bridgehead atoms. The Labute approximate surface area is 407 Å². The van der Waals surface area contributed by atoms with Gasteiger partial charge in [-0.05, 0) is 133 Å². The summed E-state index contributed by atoms with van der Waals surface area (Å²) >= 11 is 1.54. The van der Waals surface area contributed by atoms with Crippen molar-refractivity contribution >= 4 is 67.5 Å². The smallest absolute Gasteiger partial charge is 0.343 e. The number of fused-ring (bicyclic) bond motifs is 3. The van der Waals surface area contributed by atoms with Gasteiger partial charge in [-0.3, -0.25) is 4.99 Å². The summed E-state index contributed by atoms with van der Waals surface area (Å²) in [6.45, 7) is 22.0. The van der Waals surface area contributed by atoms with Gasteiger partial charge in [-0.25, -0.2) is 24.2 Å². The molecule has 14 heteroatoms. The van der Waals surface area contributed by atoms with Crippen molar-refractivity contribution in [2.45, 2.75) is 97.1 Å². The van der Waals surface area contributed by atoms with Gasteiger partial charge in [0.2, 0.25) is 0 Å². The second-order valence-electron chi connectivity index (χ2n) is 18.8. The number of carbonyl (C=O) groups is 4. The van der Waals surface area contributed by atoms with Crippen LogP contribution in [-0.2, 0) is 30.2 Å². The first kappa shape index (κ1) is 51.1. The van der Waals surface area contributed by atoms with E-state index in [-0.39, 0.29) is 19.0 Å². The molecule has 0 fully saturated rings. The van der Waals surface area contributed by atoms with Gasteiger partial charge in [0.15, 0.2) is 5.13 Å². The van der Waals surface area contributed by atoms with Crippen molar-refractivity contribution in [2.24, 2.45) is 4.99 Å². The number of aliphatic imine (C=N–C) groups is 1. The zero-order valence-electron chi connectivity index (χ0n) is 40.4. The van der Waals surface area contributed by atoms with Crippen molar-refractivity contribution in [3.63, 3.8) is 0 Å². The fourth-order valence-electron chi connectivity index (χ4n) is 8.22. The number of nitrogens with zero attached hydrogens (tertiary/aromatic N) is 2. The predicted octanol–water partition coefficient (Wildman–Crippen LogP) is 11.7. The van der Waals surface area contributed by atoms with Crippen molar-refractivity contribution in [3.05, 3.63) is 151 Å². The van der Waals surface area contributed by atoms with Gasteiger partial charge in [0, 0.05) is 48.6 Å². The summed E-state index contributed by atoms with van der Waals surface area (Å²) < 4.78 is 36.0. The molecule has 1 heterocycles. The van der Waals surface area contributed by atoms with Crippen molar-refractivity contribution in [2.75, 3.05) is 18.6 Å². The number of hydrogen-bond acceptors (Lipinski definition) is 14. The van der Waals surface area contributed by atoms with E-state index in [1.807, 2.05) is 45.9 Å². The van der Waals surface area contributed by atoms with Gasteiger partial charge < -0.3 is 33.7 Å². The maximum Gasteiger partial charge on any atom is 0.343 e. The Kier molecular flexibility index (Phi) is 16.1. The fraction of sp³-hybridized carbons (Fsp3) is 0.309. The van der Waals surface area contributed by atoms with Crippen LogP contribution in [0.3, 0.4) is 0 Å².